The Hall–Kier alpha value is -2.19. The Morgan fingerprint density at radius 2 is 2.09 bits per heavy atom. The summed E-state index contributed by atoms with van der Waals surface area (Å²) in [5.74, 6) is 0.135. The standard InChI is InChI=1S/C17H19N3OS/c1-13-19-16(12-22-13)4-3-5-17(21)20(2)11-15-8-6-14(10-18)7-9-15/h6-9,12H,3-5,11H2,1-2H3. The summed E-state index contributed by atoms with van der Waals surface area (Å²) >= 11 is 1.64. The van der Waals surface area contributed by atoms with Crippen molar-refractivity contribution in [2.24, 2.45) is 0 Å². The Kier molecular flexibility index (Phi) is 5.68. The van der Waals surface area contributed by atoms with Gasteiger partial charge in [-0.15, -0.1) is 11.3 Å². The molecule has 22 heavy (non-hydrogen) atoms. The minimum atomic E-state index is 0.135. The van der Waals surface area contributed by atoms with Crippen LogP contribution >= 0.6 is 11.3 Å². The Labute approximate surface area is 135 Å². The number of nitriles is 1. The average molecular weight is 313 g/mol. The predicted octanol–water partition coefficient (Wildman–Crippen LogP) is 3.30. The van der Waals surface area contributed by atoms with Crippen LogP contribution in [0.2, 0.25) is 0 Å². The van der Waals surface area contributed by atoms with Crippen LogP contribution in [-0.2, 0) is 17.8 Å². The van der Waals surface area contributed by atoms with Gasteiger partial charge in [-0.05, 0) is 37.5 Å². The zero-order chi connectivity index (χ0) is 15.9. The lowest BCUT2D eigenvalue weighted by molar-refractivity contribution is -0.130. The molecule has 0 radical (unpaired) electrons. The van der Waals surface area contributed by atoms with Crippen LogP contribution in [0, 0.1) is 18.3 Å². The first-order valence-corrected chi connectivity index (χ1v) is 8.10. The number of hydrogen-bond acceptors (Lipinski definition) is 4. The monoisotopic (exact) mass is 313 g/mol. The first-order chi connectivity index (χ1) is 10.6. The number of nitrogens with zero attached hydrogens (tertiary/aromatic N) is 3. The van der Waals surface area contributed by atoms with Gasteiger partial charge >= 0.3 is 0 Å². The second-order valence-electron chi connectivity index (χ2n) is 5.27. The molecule has 114 valence electrons. The van der Waals surface area contributed by atoms with Gasteiger partial charge in [0.25, 0.3) is 0 Å². The Bertz CT molecular complexity index is 670. The highest BCUT2D eigenvalue weighted by atomic mass is 32.1. The molecule has 0 saturated carbocycles. The highest BCUT2D eigenvalue weighted by Crippen LogP contribution is 2.12. The maximum Gasteiger partial charge on any atom is 0.222 e. The summed E-state index contributed by atoms with van der Waals surface area (Å²) in [6.07, 6.45) is 2.20. The van der Waals surface area contributed by atoms with Crippen LogP contribution in [0.5, 0.6) is 0 Å². The SMILES string of the molecule is Cc1nc(CCCC(=O)N(C)Cc2ccc(C#N)cc2)cs1. The summed E-state index contributed by atoms with van der Waals surface area (Å²) in [6, 6.07) is 9.42. The molecular formula is C17H19N3OS. The summed E-state index contributed by atoms with van der Waals surface area (Å²) in [4.78, 5) is 18.3. The normalized spacial score (nSPS) is 10.2. The zero-order valence-electron chi connectivity index (χ0n) is 12.9. The summed E-state index contributed by atoms with van der Waals surface area (Å²) < 4.78 is 0. The minimum absolute atomic E-state index is 0.135. The van der Waals surface area contributed by atoms with Crippen molar-refractivity contribution in [3.8, 4) is 6.07 Å². The molecule has 0 saturated heterocycles. The zero-order valence-corrected chi connectivity index (χ0v) is 13.7. The van der Waals surface area contributed by atoms with E-state index in [9.17, 15) is 4.79 Å². The molecule has 2 rings (SSSR count). The van der Waals surface area contributed by atoms with Crippen LogP contribution in [-0.4, -0.2) is 22.8 Å². The van der Waals surface area contributed by atoms with E-state index in [1.165, 1.54) is 0 Å². The summed E-state index contributed by atoms with van der Waals surface area (Å²) in [7, 11) is 1.81. The van der Waals surface area contributed by atoms with Gasteiger partial charge in [-0.2, -0.15) is 5.26 Å². The quantitative estimate of drug-likeness (QED) is 0.822. The fourth-order valence-electron chi connectivity index (χ4n) is 2.18. The van der Waals surface area contributed by atoms with Crippen LogP contribution in [0.15, 0.2) is 29.6 Å². The third-order valence-electron chi connectivity index (χ3n) is 3.42. The van der Waals surface area contributed by atoms with Gasteiger partial charge in [0.15, 0.2) is 0 Å². The van der Waals surface area contributed by atoms with E-state index in [4.69, 9.17) is 5.26 Å². The average Bonchev–Trinajstić information content (AvgIpc) is 2.93. The van der Waals surface area contributed by atoms with Crippen molar-refractivity contribution in [1.82, 2.24) is 9.88 Å². The van der Waals surface area contributed by atoms with Crippen LogP contribution in [0.4, 0.5) is 0 Å². The molecule has 0 aliphatic heterocycles. The molecule has 1 aromatic heterocycles. The molecule has 0 bridgehead atoms. The van der Waals surface area contributed by atoms with Crippen LogP contribution in [0.25, 0.3) is 0 Å². The van der Waals surface area contributed by atoms with Gasteiger partial charge in [-0.25, -0.2) is 4.98 Å². The molecular weight excluding hydrogens is 294 g/mol. The van der Waals surface area contributed by atoms with Gasteiger partial charge in [-0.3, -0.25) is 4.79 Å². The minimum Gasteiger partial charge on any atom is -0.341 e. The van der Waals surface area contributed by atoms with Crippen molar-refractivity contribution in [3.63, 3.8) is 0 Å². The molecule has 0 aliphatic carbocycles. The first kappa shape index (κ1) is 16.2. The van der Waals surface area contributed by atoms with Gasteiger partial charge in [-0.1, -0.05) is 12.1 Å². The number of aromatic nitrogens is 1. The second kappa shape index (κ2) is 7.71. The summed E-state index contributed by atoms with van der Waals surface area (Å²) in [5, 5.41) is 11.9. The van der Waals surface area contributed by atoms with Crippen LogP contribution in [0.3, 0.4) is 0 Å². The van der Waals surface area contributed by atoms with E-state index in [2.05, 4.69) is 16.4 Å². The highest BCUT2D eigenvalue weighted by molar-refractivity contribution is 7.09. The number of hydrogen-bond donors (Lipinski definition) is 0. The lowest BCUT2D eigenvalue weighted by Crippen LogP contribution is -2.25. The largest absolute Gasteiger partial charge is 0.341 e. The van der Waals surface area contributed by atoms with E-state index in [0.717, 1.165) is 29.1 Å². The highest BCUT2D eigenvalue weighted by Gasteiger charge is 2.09. The van der Waals surface area contributed by atoms with Crippen molar-refractivity contribution in [2.75, 3.05) is 7.05 Å². The maximum absolute atomic E-state index is 12.1. The van der Waals surface area contributed by atoms with Crippen molar-refractivity contribution in [2.45, 2.75) is 32.7 Å². The molecule has 0 fully saturated rings. The van der Waals surface area contributed by atoms with E-state index >= 15 is 0 Å². The number of thiazole rings is 1. The molecule has 5 heteroatoms. The summed E-state index contributed by atoms with van der Waals surface area (Å²) in [6.45, 7) is 2.56. The second-order valence-corrected chi connectivity index (χ2v) is 6.33. The van der Waals surface area contributed by atoms with E-state index in [-0.39, 0.29) is 5.91 Å². The fraction of sp³-hybridized carbons (Fsp3) is 0.353. The molecule has 0 aliphatic rings. The Morgan fingerprint density at radius 3 is 2.68 bits per heavy atom. The van der Waals surface area contributed by atoms with Crippen molar-refractivity contribution < 1.29 is 4.79 Å². The van der Waals surface area contributed by atoms with E-state index in [1.807, 2.05) is 26.1 Å². The third kappa shape index (κ3) is 4.68. The van der Waals surface area contributed by atoms with Crippen molar-refractivity contribution in [1.29, 1.82) is 5.26 Å². The Balaban J connectivity index is 1.77. The number of aryl methyl sites for hydroxylation is 2. The lowest BCUT2D eigenvalue weighted by Gasteiger charge is -2.17. The van der Waals surface area contributed by atoms with Crippen LogP contribution < -0.4 is 0 Å². The van der Waals surface area contributed by atoms with Crippen LogP contribution in [0.1, 0.15) is 34.7 Å². The topological polar surface area (TPSA) is 57.0 Å². The van der Waals surface area contributed by atoms with Gasteiger partial charge in [0.2, 0.25) is 5.91 Å². The number of rotatable bonds is 6. The molecule has 2 aromatic rings. The van der Waals surface area contributed by atoms with Gasteiger partial charge in [0.1, 0.15) is 0 Å². The van der Waals surface area contributed by atoms with E-state index < -0.39 is 0 Å². The third-order valence-corrected chi connectivity index (χ3v) is 4.24. The van der Waals surface area contributed by atoms with E-state index in [1.54, 1.807) is 28.4 Å². The number of carbonyl (C=O) groups excluding carboxylic acids is 1. The van der Waals surface area contributed by atoms with Gasteiger partial charge < -0.3 is 4.90 Å². The number of benzene rings is 1. The predicted molar refractivity (Wildman–Crippen MR) is 87.4 cm³/mol. The molecule has 1 aromatic carbocycles. The Morgan fingerprint density at radius 1 is 1.36 bits per heavy atom. The molecule has 0 unspecified atom stereocenters. The summed E-state index contributed by atoms with van der Waals surface area (Å²) in [5.41, 5.74) is 2.74. The molecule has 0 spiro atoms. The van der Waals surface area contributed by atoms with Gasteiger partial charge in [0, 0.05) is 25.4 Å². The van der Waals surface area contributed by atoms with Crippen molar-refractivity contribution >= 4 is 17.2 Å². The molecule has 4 nitrogen and oxygen atoms in total. The molecule has 0 atom stereocenters. The van der Waals surface area contributed by atoms with E-state index in [0.29, 0.717) is 18.5 Å². The fourth-order valence-corrected chi connectivity index (χ4v) is 2.83. The first-order valence-electron chi connectivity index (χ1n) is 7.22. The smallest absolute Gasteiger partial charge is 0.222 e. The number of amides is 1. The molecule has 1 amide bonds. The molecule has 0 N–H and O–H groups in total. The van der Waals surface area contributed by atoms with Gasteiger partial charge in [0.05, 0.1) is 22.3 Å². The lowest BCUT2D eigenvalue weighted by atomic mass is 10.1. The molecule has 1 heterocycles. The van der Waals surface area contributed by atoms with Crippen molar-refractivity contribution in [3.05, 3.63) is 51.5 Å². The number of carbonyl (C=O) groups is 1. The maximum atomic E-state index is 12.1.